The quantitative estimate of drug-likeness (QED) is 0.801. The fourth-order valence-electron chi connectivity index (χ4n) is 2.77. The van der Waals surface area contributed by atoms with Crippen molar-refractivity contribution in [2.45, 2.75) is 32.7 Å². The van der Waals surface area contributed by atoms with Gasteiger partial charge in [-0.2, -0.15) is 0 Å². The molecule has 1 saturated heterocycles. The van der Waals surface area contributed by atoms with Gasteiger partial charge in [0.05, 0.1) is 19.3 Å². The molecule has 1 heterocycles. The molecule has 1 aliphatic heterocycles. The van der Waals surface area contributed by atoms with Crippen molar-refractivity contribution in [1.82, 2.24) is 10.2 Å². The minimum atomic E-state index is -0.459. The van der Waals surface area contributed by atoms with Crippen LogP contribution in [0.15, 0.2) is 18.2 Å². The minimum absolute atomic E-state index is 0.0234. The van der Waals surface area contributed by atoms with E-state index in [0.717, 1.165) is 5.56 Å². The normalized spacial score (nSPS) is 14.5. The molecule has 142 valence electrons. The highest BCUT2D eigenvalue weighted by molar-refractivity contribution is 5.94. The van der Waals surface area contributed by atoms with Crippen LogP contribution in [0.5, 0.6) is 0 Å². The SMILES string of the molecule is CCOC(=O)N1CCC(NC(=O)Nc2cc(C(=O)OC)ccc2C)CC1. The van der Waals surface area contributed by atoms with Crippen LogP contribution in [0.1, 0.15) is 35.7 Å². The van der Waals surface area contributed by atoms with E-state index in [2.05, 4.69) is 10.6 Å². The third-order valence-corrected chi connectivity index (χ3v) is 4.26. The number of piperidine rings is 1. The van der Waals surface area contributed by atoms with Crippen LogP contribution in [0, 0.1) is 6.92 Å². The number of esters is 1. The molecule has 1 aromatic rings. The number of carbonyl (C=O) groups is 3. The molecule has 0 unspecified atom stereocenters. The summed E-state index contributed by atoms with van der Waals surface area (Å²) >= 11 is 0. The van der Waals surface area contributed by atoms with Crippen molar-refractivity contribution in [2.24, 2.45) is 0 Å². The van der Waals surface area contributed by atoms with E-state index in [-0.39, 0.29) is 18.2 Å². The maximum absolute atomic E-state index is 12.3. The summed E-state index contributed by atoms with van der Waals surface area (Å²) in [7, 11) is 1.31. The Balaban J connectivity index is 1.88. The second kappa shape index (κ2) is 9.07. The summed E-state index contributed by atoms with van der Waals surface area (Å²) < 4.78 is 9.67. The molecule has 8 heteroatoms. The van der Waals surface area contributed by atoms with Crippen LogP contribution in [0.25, 0.3) is 0 Å². The van der Waals surface area contributed by atoms with E-state index in [1.807, 2.05) is 6.92 Å². The summed E-state index contributed by atoms with van der Waals surface area (Å²) in [6, 6.07) is 4.62. The summed E-state index contributed by atoms with van der Waals surface area (Å²) in [5, 5.41) is 5.67. The predicted molar refractivity (Wildman–Crippen MR) is 96.3 cm³/mol. The van der Waals surface area contributed by atoms with Crippen molar-refractivity contribution in [3.8, 4) is 0 Å². The molecule has 0 radical (unpaired) electrons. The topological polar surface area (TPSA) is 97.0 Å². The van der Waals surface area contributed by atoms with Crippen LogP contribution in [0.4, 0.5) is 15.3 Å². The van der Waals surface area contributed by atoms with Gasteiger partial charge in [-0.05, 0) is 44.4 Å². The number of rotatable bonds is 4. The summed E-state index contributed by atoms with van der Waals surface area (Å²) in [6.45, 7) is 5.05. The van der Waals surface area contributed by atoms with E-state index in [1.54, 1.807) is 30.0 Å². The zero-order valence-corrected chi connectivity index (χ0v) is 15.3. The number of urea groups is 1. The minimum Gasteiger partial charge on any atom is -0.465 e. The largest absolute Gasteiger partial charge is 0.465 e. The molecule has 0 atom stereocenters. The van der Waals surface area contributed by atoms with Gasteiger partial charge in [-0.1, -0.05) is 6.07 Å². The molecule has 2 rings (SSSR count). The molecule has 0 saturated carbocycles. The Morgan fingerprint density at radius 2 is 1.92 bits per heavy atom. The number of benzene rings is 1. The van der Waals surface area contributed by atoms with Crippen molar-refractivity contribution >= 4 is 23.8 Å². The molecule has 1 fully saturated rings. The van der Waals surface area contributed by atoms with Gasteiger partial charge in [-0.15, -0.1) is 0 Å². The molecule has 0 spiro atoms. The number of nitrogens with zero attached hydrogens (tertiary/aromatic N) is 1. The molecular weight excluding hydrogens is 338 g/mol. The Morgan fingerprint density at radius 3 is 2.54 bits per heavy atom. The van der Waals surface area contributed by atoms with Crippen LogP contribution >= 0.6 is 0 Å². The monoisotopic (exact) mass is 363 g/mol. The van der Waals surface area contributed by atoms with Crippen molar-refractivity contribution in [3.05, 3.63) is 29.3 Å². The number of anilines is 1. The van der Waals surface area contributed by atoms with Crippen molar-refractivity contribution in [2.75, 3.05) is 32.1 Å². The molecule has 1 aromatic carbocycles. The summed E-state index contributed by atoms with van der Waals surface area (Å²) in [4.78, 5) is 37.2. The standard InChI is InChI=1S/C18H25N3O5/c1-4-26-18(24)21-9-7-14(8-10-21)19-17(23)20-15-11-13(16(22)25-3)6-5-12(15)2/h5-6,11,14H,4,7-10H2,1-3H3,(H2,19,20,23). The van der Waals surface area contributed by atoms with Gasteiger partial charge in [0, 0.05) is 24.8 Å². The first-order chi connectivity index (χ1) is 12.4. The highest BCUT2D eigenvalue weighted by Gasteiger charge is 2.24. The number of nitrogens with one attached hydrogen (secondary N) is 2. The summed E-state index contributed by atoms with van der Waals surface area (Å²) in [5.74, 6) is -0.459. The Bertz CT molecular complexity index is 669. The molecule has 8 nitrogen and oxygen atoms in total. The first-order valence-electron chi connectivity index (χ1n) is 8.62. The maximum Gasteiger partial charge on any atom is 0.409 e. The predicted octanol–water partition coefficient (Wildman–Crippen LogP) is 2.52. The smallest absolute Gasteiger partial charge is 0.409 e. The Morgan fingerprint density at radius 1 is 1.23 bits per heavy atom. The number of hydrogen-bond donors (Lipinski definition) is 2. The van der Waals surface area contributed by atoms with Gasteiger partial charge in [0.2, 0.25) is 0 Å². The van der Waals surface area contributed by atoms with Gasteiger partial charge in [-0.25, -0.2) is 14.4 Å². The lowest BCUT2D eigenvalue weighted by Crippen LogP contribution is -2.47. The Hall–Kier alpha value is -2.77. The molecule has 2 N–H and O–H groups in total. The number of likely N-dealkylation sites (tertiary alicyclic amines) is 1. The molecule has 0 aliphatic carbocycles. The second-order valence-corrected chi connectivity index (χ2v) is 6.08. The number of amides is 3. The number of carbonyl (C=O) groups excluding carboxylic acids is 3. The van der Waals surface area contributed by atoms with E-state index in [9.17, 15) is 14.4 Å². The molecule has 0 bridgehead atoms. The van der Waals surface area contributed by atoms with E-state index < -0.39 is 5.97 Å². The number of aryl methyl sites for hydroxylation is 1. The molecular formula is C18H25N3O5. The van der Waals surface area contributed by atoms with Crippen molar-refractivity contribution < 1.29 is 23.9 Å². The van der Waals surface area contributed by atoms with E-state index in [4.69, 9.17) is 9.47 Å². The fourth-order valence-corrected chi connectivity index (χ4v) is 2.77. The molecule has 26 heavy (non-hydrogen) atoms. The lowest BCUT2D eigenvalue weighted by Gasteiger charge is -2.31. The van der Waals surface area contributed by atoms with Crippen LogP contribution < -0.4 is 10.6 Å². The summed E-state index contributed by atoms with van der Waals surface area (Å²) in [5.41, 5.74) is 1.76. The van der Waals surface area contributed by atoms with Crippen LogP contribution in [-0.2, 0) is 9.47 Å². The first kappa shape index (κ1) is 19.6. The van der Waals surface area contributed by atoms with Crippen LogP contribution in [0.3, 0.4) is 0 Å². The van der Waals surface area contributed by atoms with Gasteiger partial charge >= 0.3 is 18.1 Å². The van der Waals surface area contributed by atoms with Gasteiger partial charge < -0.3 is 25.0 Å². The van der Waals surface area contributed by atoms with Crippen LogP contribution in [0.2, 0.25) is 0 Å². The number of methoxy groups -OCH3 is 1. The zero-order valence-electron chi connectivity index (χ0n) is 15.3. The van der Waals surface area contributed by atoms with Gasteiger partial charge in [0.15, 0.2) is 0 Å². The lowest BCUT2D eigenvalue weighted by molar-refractivity contribution is 0.0600. The Labute approximate surface area is 152 Å². The van der Waals surface area contributed by atoms with Crippen molar-refractivity contribution in [3.63, 3.8) is 0 Å². The third-order valence-electron chi connectivity index (χ3n) is 4.26. The van der Waals surface area contributed by atoms with Gasteiger partial charge in [0.1, 0.15) is 0 Å². The van der Waals surface area contributed by atoms with E-state index >= 15 is 0 Å². The first-order valence-corrected chi connectivity index (χ1v) is 8.62. The number of ether oxygens (including phenoxy) is 2. The lowest BCUT2D eigenvalue weighted by atomic mass is 10.1. The Kier molecular flexibility index (Phi) is 6.82. The summed E-state index contributed by atoms with van der Waals surface area (Å²) in [6.07, 6.45) is 1.01. The highest BCUT2D eigenvalue weighted by Crippen LogP contribution is 2.18. The van der Waals surface area contributed by atoms with Gasteiger partial charge in [-0.3, -0.25) is 0 Å². The fraction of sp³-hybridized carbons (Fsp3) is 0.500. The second-order valence-electron chi connectivity index (χ2n) is 6.08. The average Bonchev–Trinajstić information content (AvgIpc) is 2.63. The van der Waals surface area contributed by atoms with Gasteiger partial charge in [0.25, 0.3) is 0 Å². The zero-order chi connectivity index (χ0) is 19.1. The highest BCUT2D eigenvalue weighted by atomic mass is 16.6. The number of hydrogen-bond acceptors (Lipinski definition) is 5. The molecule has 3 amide bonds. The molecule has 0 aromatic heterocycles. The third kappa shape index (κ3) is 5.11. The van der Waals surface area contributed by atoms with E-state index in [0.29, 0.717) is 43.8 Å². The van der Waals surface area contributed by atoms with Crippen LogP contribution in [-0.4, -0.2) is 55.8 Å². The van der Waals surface area contributed by atoms with E-state index in [1.165, 1.54) is 7.11 Å². The average molecular weight is 363 g/mol. The molecule has 1 aliphatic rings. The maximum atomic E-state index is 12.3. The van der Waals surface area contributed by atoms with Crippen molar-refractivity contribution in [1.29, 1.82) is 0 Å².